The summed E-state index contributed by atoms with van der Waals surface area (Å²) in [6.07, 6.45) is -1.36. The third kappa shape index (κ3) is 10.0. The molecule has 2 aromatic carbocycles. The van der Waals surface area contributed by atoms with E-state index >= 15 is 0 Å². The summed E-state index contributed by atoms with van der Waals surface area (Å²) in [6, 6.07) is 12.0. The maximum atomic E-state index is 13.4. The van der Waals surface area contributed by atoms with Crippen molar-refractivity contribution in [2.45, 2.75) is 54.0 Å². The number of nitrogens with one attached hydrogen (secondary N) is 1. The molecule has 14 heteroatoms. The average Bonchev–Trinajstić information content (AvgIpc) is 3.76. The molecule has 12 nitrogen and oxygen atoms in total. The van der Waals surface area contributed by atoms with Crippen LogP contribution in [0.3, 0.4) is 0 Å². The summed E-state index contributed by atoms with van der Waals surface area (Å²) in [4.78, 5) is 28.0. The number of fused-ring (bicyclic) bond motifs is 1. The number of cyclic esters (lactones) is 1. The largest absolute Gasteiger partial charge is 0.454 e. The van der Waals surface area contributed by atoms with E-state index in [0.29, 0.717) is 28.0 Å². The minimum atomic E-state index is -2.61. The highest BCUT2D eigenvalue weighted by molar-refractivity contribution is 5.95. The maximum Gasteiger partial charge on any atom is 0.339 e. The lowest BCUT2D eigenvalue weighted by atomic mass is 10.0. The summed E-state index contributed by atoms with van der Waals surface area (Å²) < 4.78 is 75.9. The molecule has 4 aromatic rings. The molecule has 0 radical (unpaired) electrons. The molecule has 2 N–H and O–H groups in total. The van der Waals surface area contributed by atoms with E-state index in [1.807, 2.05) is 0 Å². The molecule has 1 amide bonds. The van der Waals surface area contributed by atoms with Gasteiger partial charge in [0.15, 0.2) is 0 Å². The van der Waals surface area contributed by atoms with Crippen LogP contribution >= 0.6 is 0 Å². The Kier molecular flexibility index (Phi) is 11.7. The van der Waals surface area contributed by atoms with Crippen molar-refractivity contribution in [3.8, 4) is 6.07 Å². The number of nitriles is 1. The molecule has 0 saturated carbocycles. The third-order valence-corrected chi connectivity index (χ3v) is 6.48. The molecule has 258 valence electrons. The van der Waals surface area contributed by atoms with Crippen LogP contribution in [-0.2, 0) is 31.8 Å². The third-order valence-electron chi connectivity index (χ3n) is 6.48. The number of benzene rings is 2. The lowest BCUT2D eigenvalue weighted by Crippen LogP contribution is -2.27. The minimum Gasteiger partial charge on any atom is -0.454 e. The normalized spacial score (nSPS) is 15.4. The van der Waals surface area contributed by atoms with Crippen molar-refractivity contribution < 1.29 is 37.9 Å². The summed E-state index contributed by atoms with van der Waals surface area (Å²) in [5, 5.41) is 29.3. The number of aliphatic hydroxyl groups excluding tert-OH is 1. The summed E-state index contributed by atoms with van der Waals surface area (Å²) in [6.45, 7) is 5.34. The van der Waals surface area contributed by atoms with Gasteiger partial charge in [0.1, 0.15) is 29.5 Å². The zero-order valence-electron chi connectivity index (χ0n) is 31.2. The Morgan fingerprint density at radius 1 is 1.19 bits per heavy atom. The van der Waals surface area contributed by atoms with Gasteiger partial charge in [0.25, 0.3) is 11.7 Å². The molecule has 0 saturated heterocycles. The molecule has 2 atom stereocenters. The standard InChI is InChI=1S/C16H17FN4O2.C9H7FO2.C7H10N4.2CH4.H2/c1-10(22)15-6-11(17)4-5-14(15)16(23)20(2)9-12-7-13(8-18)21(3)19-12;1-5-8-4-6(10)2-3-7(8)9(11)12-5;1-8-5-6-4-7(9-2)11(3)10-6;;;/h4-7,10,22H,9H2,1-3H3;2-5H,1H3;4,8H,5H2,1,3H3;2*1H4;1H/t10-;5-;;;;/m00..../s1/i3D3;;3D3;;;. The number of carbonyl (C=O) groups excluding carboxylic acids is 2. The van der Waals surface area contributed by atoms with Gasteiger partial charge in [-0.3, -0.25) is 9.48 Å². The van der Waals surface area contributed by atoms with Crippen molar-refractivity contribution in [1.29, 1.82) is 5.26 Å². The number of amides is 1. The van der Waals surface area contributed by atoms with Crippen LogP contribution in [0.5, 0.6) is 0 Å². The van der Waals surface area contributed by atoms with E-state index in [0.717, 1.165) is 16.8 Å². The monoisotopic (exact) mass is 672 g/mol. The first kappa shape index (κ1) is 31.2. The first-order valence-corrected chi connectivity index (χ1v) is 13.6. The number of rotatable bonds is 6. The number of nitrogens with zero attached hydrogens (tertiary/aromatic N) is 7. The molecule has 48 heavy (non-hydrogen) atoms. The predicted octanol–water partition coefficient (Wildman–Crippen LogP) is 6.02. The molecule has 0 aliphatic carbocycles. The topological polar surface area (TPSA) is 143 Å². The van der Waals surface area contributed by atoms with E-state index in [1.165, 1.54) is 55.3 Å². The van der Waals surface area contributed by atoms with Crippen LogP contribution in [0.15, 0.2) is 48.5 Å². The Bertz CT molecular complexity index is 2020. The van der Waals surface area contributed by atoms with Crippen LogP contribution < -0.4 is 5.32 Å². The second kappa shape index (κ2) is 18.0. The quantitative estimate of drug-likeness (QED) is 0.187. The zero-order valence-corrected chi connectivity index (χ0v) is 25.2. The number of ether oxygens (including phenoxy) is 1. The first-order valence-electron chi connectivity index (χ1n) is 16.6. The fourth-order valence-corrected chi connectivity index (χ4v) is 4.29. The Hall–Kier alpha value is -5.44. The van der Waals surface area contributed by atoms with Gasteiger partial charge in [0.05, 0.1) is 40.7 Å². The second-order valence-corrected chi connectivity index (χ2v) is 9.94. The number of halogens is 2. The summed E-state index contributed by atoms with van der Waals surface area (Å²) >= 11 is 0. The second-order valence-electron chi connectivity index (χ2n) is 9.94. The molecule has 3 heterocycles. The Labute approximate surface area is 289 Å². The highest BCUT2D eigenvalue weighted by Gasteiger charge is 2.27. The number of aromatic nitrogens is 4. The lowest BCUT2D eigenvalue weighted by Gasteiger charge is -2.19. The van der Waals surface area contributed by atoms with Gasteiger partial charge in [0, 0.05) is 37.2 Å². The van der Waals surface area contributed by atoms with Gasteiger partial charge in [-0.05, 0) is 75.0 Å². The van der Waals surface area contributed by atoms with Crippen molar-refractivity contribution in [1.82, 2.24) is 29.8 Å². The molecule has 0 unspecified atom stereocenters. The van der Waals surface area contributed by atoms with E-state index in [1.54, 1.807) is 20.0 Å². The predicted molar refractivity (Wildman–Crippen MR) is 179 cm³/mol. The van der Waals surface area contributed by atoms with Gasteiger partial charge in [-0.1, -0.05) is 21.4 Å². The SMILES string of the molecule is C.C.C[C@@H]1OC(=O)c2ccc(F)cc21.[2H]C([2H])([2H])n1nc(CN(C)C(=O)c2ccc(F)cc2[C@H](C)O)cc1C#N.[2H]C([2H])([2H])n1nc(CNC)cc1[N+]#[C-].[HH]. The maximum absolute atomic E-state index is 13.4. The van der Waals surface area contributed by atoms with E-state index in [2.05, 4.69) is 20.4 Å². The van der Waals surface area contributed by atoms with Crippen LogP contribution in [0, 0.1) is 29.5 Å². The van der Waals surface area contributed by atoms with Gasteiger partial charge in [-0.15, -0.1) is 5.10 Å². The van der Waals surface area contributed by atoms with Crippen molar-refractivity contribution in [2.75, 3.05) is 14.1 Å². The van der Waals surface area contributed by atoms with Crippen molar-refractivity contribution >= 4 is 17.7 Å². The Morgan fingerprint density at radius 2 is 1.83 bits per heavy atom. The highest BCUT2D eigenvalue weighted by Crippen LogP contribution is 2.30. The molecule has 1 aliphatic heterocycles. The number of carbonyl (C=O) groups is 2. The summed E-state index contributed by atoms with van der Waals surface area (Å²) in [5.74, 6) is -1.73. The average molecular weight is 673 g/mol. The molecular weight excluding hydrogens is 622 g/mol. The molecular formula is C34H44F2N8O4. The van der Waals surface area contributed by atoms with Crippen molar-refractivity contribution in [3.05, 3.63) is 111 Å². The molecule has 1 aliphatic rings. The van der Waals surface area contributed by atoms with Gasteiger partial charge in [0.2, 0.25) is 0 Å². The van der Waals surface area contributed by atoms with Crippen LogP contribution in [0.1, 0.15) is 99.5 Å². The smallest absolute Gasteiger partial charge is 0.339 e. The van der Waals surface area contributed by atoms with E-state index in [9.17, 15) is 23.5 Å². The molecule has 2 aromatic heterocycles. The van der Waals surface area contributed by atoms with E-state index < -0.39 is 31.8 Å². The van der Waals surface area contributed by atoms with E-state index in [4.69, 9.17) is 24.8 Å². The van der Waals surface area contributed by atoms with Crippen LogP contribution in [0.2, 0.25) is 0 Å². The number of hydrogen-bond acceptors (Lipinski definition) is 8. The Balaban J connectivity index is 0.000000850. The van der Waals surface area contributed by atoms with Crippen LogP contribution in [0.4, 0.5) is 14.6 Å². The number of esters is 1. The number of aryl methyl sites for hydroxylation is 2. The summed E-state index contributed by atoms with van der Waals surface area (Å²) in [7, 11) is 3.18. The molecule has 0 bridgehead atoms. The molecule has 0 fully saturated rings. The minimum absolute atomic E-state index is 0. The van der Waals surface area contributed by atoms with Gasteiger partial charge < -0.3 is 24.9 Å². The van der Waals surface area contributed by atoms with E-state index in [-0.39, 0.29) is 69.0 Å². The van der Waals surface area contributed by atoms with Crippen LogP contribution in [-0.4, -0.2) is 55.5 Å². The Morgan fingerprint density at radius 3 is 2.40 bits per heavy atom. The molecule has 0 spiro atoms. The van der Waals surface area contributed by atoms with Crippen LogP contribution in [0.25, 0.3) is 4.85 Å². The number of hydrogen-bond donors (Lipinski definition) is 2. The van der Waals surface area contributed by atoms with Gasteiger partial charge >= 0.3 is 5.97 Å². The molecule has 5 rings (SSSR count). The van der Waals surface area contributed by atoms with Gasteiger partial charge in [-0.2, -0.15) is 10.4 Å². The summed E-state index contributed by atoms with van der Waals surface area (Å²) in [5.41, 5.74) is 2.01. The van der Waals surface area contributed by atoms with Gasteiger partial charge in [-0.25, -0.2) is 18.3 Å². The fourth-order valence-electron chi connectivity index (χ4n) is 4.29. The lowest BCUT2D eigenvalue weighted by molar-refractivity contribution is 0.0421. The first-order chi connectivity index (χ1) is 24.2. The van der Waals surface area contributed by atoms with Crippen molar-refractivity contribution in [3.63, 3.8) is 0 Å². The fraction of sp³-hybridized carbons (Fsp3) is 0.353. The highest BCUT2D eigenvalue weighted by atomic mass is 19.1. The van der Waals surface area contributed by atoms with Crippen molar-refractivity contribution in [2.24, 2.45) is 14.0 Å². The number of aliphatic hydroxyl groups is 1. The zero-order chi connectivity index (χ0) is 39.1.